The lowest BCUT2D eigenvalue weighted by Crippen LogP contribution is -1.94. The van der Waals surface area contributed by atoms with Crippen molar-refractivity contribution in [3.63, 3.8) is 0 Å². The third-order valence-electron chi connectivity index (χ3n) is 2.07. The molecule has 0 aliphatic rings. The van der Waals surface area contributed by atoms with Crippen molar-refractivity contribution in [1.82, 2.24) is 0 Å². The monoisotopic (exact) mass is 230 g/mol. The molecule has 0 unspecified atom stereocenters. The van der Waals surface area contributed by atoms with Gasteiger partial charge in [-0.2, -0.15) is 0 Å². The molecule has 17 heavy (non-hydrogen) atoms. The van der Waals surface area contributed by atoms with E-state index in [9.17, 15) is 5.11 Å². The summed E-state index contributed by atoms with van der Waals surface area (Å²) in [6, 6.07) is 16.7. The fourth-order valence-corrected chi connectivity index (χ4v) is 1.31. The molecule has 0 aliphatic heterocycles. The van der Waals surface area contributed by atoms with Crippen molar-refractivity contribution in [2.24, 2.45) is 0 Å². The van der Waals surface area contributed by atoms with Crippen LogP contribution in [0.15, 0.2) is 54.6 Å². The van der Waals surface area contributed by atoms with E-state index in [2.05, 4.69) is 0 Å². The molecule has 0 heterocycles. The molecule has 0 saturated carbocycles. The minimum Gasteiger partial charge on any atom is -0.508 e. The predicted octanol–water partition coefficient (Wildman–Crippen LogP) is 4.00. The summed E-state index contributed by atoms with van der Waals surface area (Å²) in [4.78, 5) is 0. The van der Waals surface area contributed by atoms with Crippen molar-refractivity contribution >= 4 is 0 Å². The van der Waals surface area contributed by atoms with Crippen molar-refractivity contribution in [2.75, 3.05) is 0 Å². The van der Waals surface area contributed by atoms with Crippen LogP contribution in [0.25, 0.3) is 0 Å². The highest BCUT2D eigenvalue weighted by molar-refractivity contribution is 5.32. The van der Waals surface area contributed by atoms with E-state index in [-0.39, 0.29) is 5.75 Å². The molecule has 0 radical (unpaired) electrons. The summed E-state index contributed by atoms with van der Waals surface area (Å²) >= 11 is 0. The molecule has 0 amide bonds. The summed E-state index contributed by atoms with van der Waals surface area (Å²) in [6.07, 6.45) is 0. The largest absolute Gasteiger partial charge is 0.508 e. The Hall–Kier alpha value is -1.96. The molecule has 90 valence electrons. The van der Waals surface area contributed by atoms with Crippen molar-refractivity contribution in [1.29, 1.82) is 0 Å². The second kappa shape index (κ2) is 7.34. The molecule has 0 saturated heterocycles. The van der Waals surface area contributed by atoms with Gasteiger partial charge in [-0.3, -0.25) is 0 Å². The highest BCUT2D eigenvalue weighted by Crippen LogP contribution is 2.18. The Balaban J connectivity index is 0.000000686. The Morgan fingerprint density at radius 1 is 0.941 bits per heavy atom. The second-order valence-corrected chi connectivity index (χ2v) is 3.27. The van der Waals surface area contributed by atoms with E-state index in [0.717, 1.165) is 5.56 Å². The number of benzene rings is 2. The van der Waals surface area contributed by atoms with Crippen LogP contribution >= 0.6 is 0 Å². The van der Waals surface area contributed by atoms with E-state index in [1.807, 2.05) is 50.2 Å². The minimum absolute atomic E-state index is 0.223. The van der Waals surface area contributed by atoms with Gasteiger partial charge in [0.25, 0.3) is 0 Å². The first-order chi connectivity index (χ1) is 8.34. The van der Waals surface area contributed by atoms with Crippen molar-refractivity contribution in [2.45, 2.75) is 20.5 Å². The number of phenolic OH excluding ortho intramolecular Hbond substituents is 1. The van der Waals surface area contributed by atoms with Gasteiger partial charge in [-0.05, 0) is 17.7 Å². The SMILES string of the molecule is CC.Oc1cccc(OCc2ccccc2)c1. The van der Waals surface area contributed by atoms with E-state index in [1.54, 1.807) is 18.2 Å². The maximum Gasteiger partial charge on any atom is 0.123 e. The Bertz CT molecular complexity index is 424. The first kappa shape index (κ1) is 13.1. The molecule has 0 fully saturated rings. The van der Waals surface area contributed by atoms with Gasteiger partial charge in [0.1, 0.15) is 18.1 Å². The first-order valence-electron chi connectivity index (χ1n) is 5.80. The predicted molar refractivity (Wildman–Crippen MR) is 70.2 cm³/mol. The van der Waals surface area contributed by atoms with E-state index in [1.165, 1.54) is 0 Å². The Kier molecular flexibility index (Phi) is 5.66. The topological polar surface area (TPSA) is 29.5 Å². The second-order valence-electron chi connectivity index (χ2n) is 3.27. The smallest absolute Gasteiger partial charge is 0.123 e. The van der Waals surface area contributed by atoms with Gasteiger partial charge in [0.05, 0.1) is 0 Å². The van der Waals surface area contributed by atoms with Gasteiger partial charge in [-0.15, -0.1) is 0 Å². The first-order valence-corrected chi connectivity index (χ1v) is 5.80. The number of phenols is 1. The molecule has 2 nitrogen and oxygen atoms in total. The van der Waals surface area contributed by atoms with E-state index >= 15 is 0 Å². The van der Waals surface area contributed by atoms with Gasteiger partial charge in [0.15, 0.2) is 0 Å². The van der Waals surface area contributed by atoms with Gasteiger partial charge in [0.2, 0.25) is 0 Å². The summed E-state index contributed by atoms with van der Waals surface area (Å²) in [5.41, 5.74) is 1.11. The molecule has 2 heteroatoms. The number of rotatable bonds is 3. The normalized spacial score (nSPS) is 9.06. The van der Waals surface area contributed by atoms with E-state index in [0.29, 0.717) is 12.4 Å². The zero-order valence-electron chi connectivity index (χ0n) is 10.3. The molecule has 2 rings (SSSR count). The number of hydrogen-bond acceptors (Lipinski definition) is 2. The number of aromatic hydroxyl groups is 1. The highest BCUT2D eigenvalue weighted by atomic mass is 16.5. The van der Waals surface area contributed by atoms with Crippen molar-refractivity contribution in [3.8, 4) is 11.5 Å². The van der Waals surface area contributed by atoms with Crippen molar-refractivity contribution < 1.29 is 9.84 Å². The van der Waals surface area contributed by atoms with Crippen LogP contribution in [0.2, 0.25) is 0 Å². The Morgan fingerprint density at radius 2 is 1.65 bits per heavy atom. The average molecular weight is 230 g/mol. The summed E-state index contributed by atoms with van der Waals surface area (Å²) in [5.74, 6) is 0.902. The molecular weight excluding hydrogens is 212 g/mol. The zero-order chi connectivity index (χ0) is 12.5. The van der Waals surface area contributed by atoms with Crippen LogP contribution in [0.5, 0.6) is 11.5 Å². The van der Waals surface area contributed by atoms with Crippen LogP contribution in [0.1, 0.15) is 19.4 Å². The maximum absolute atomic E-state index is 9.23. The fourth-order valence-electron chi connectivity index (χ4n) is 1.31. The molecule has 0 aliphatic carbocycles. The van der Waals surface area contributed by atoms with Crippen LogP contribution in [-0.4, -0.2) is 5.11 Å². The summed E-state index contributed by atoms with van der Waals surface area (Å²) in [6.45, 7) is 4.52. The van der Waals surface area contributed by atoms with Crippen molar-refractivity contribution in [3.05, 3.63) is 60.2 Å². The number of hydrogen-bond donors (Lipinski definition) is 1. The molecule has 2 aromatic carbocycles. The van der Waals surface area contributed by atoms with Crippen LogP contribution in [0.4, 0.5) is 0 Å². The minimum atomic E-state index is 0.223. The van der Waals surface area contributed by atoms with E-state index < -0.39 is 0 Å². The Labute approximate surface area is 102 Å². The molecule has 0 atom stereocenters. The van der Waals surface area contributed by atoms with Gasteiger partial charge in [-0.25, -0.2) is 0 Å². The molecule has 0 spiro atoms. The van der Waals surface area contributed by atoms with Crippen LogP contribution in [0.3, 0.4) is 0 Å². The third-order valence-corrected chi connectivity index (χ3v) is 2.07. The summed E-state index contributed by atoms with van der Waals surface area (Å²) in [7, 11) is 0. The quantitative estimate of drug-likeness (QED) is 0.863. The molecule has 1 N–H and O–H groups in total. The lowest BCUT2D eigenvalue weighted by atomic mass is 10.2. The average Bonchev–Trinajstić information content (AvgIpc) is 2.40. The van der Waals surface area contributed by atoms with Gasteiger partial charge < -0.3 is 9.84 Å². The lowest BCUT2D eigenvalue weighted by Gasteiger charge is -2.05. The van der Waals surface area contributed by atoms with Gasteiger partial charge >= 0.3 is 0 Å². The fraction of sp³-hybridized carbons (Fsp3) is 0.200. The highest BCUT2D eigenvalue weighted by Gasteiger charge is 1.95. The summed E-state index contributed by atoms with van der Waals surface area (Å²) < 4.78 is 5.51. The molecule has 2 aromatic rings. The van der Waals surface area contributed by atoms with E-state index in [4.69, 9.17) is 4.74 Å². The Morgan fingerprint density at radius 3 is 2.29 bits per heavy atom. The molecule has 0 bridgehead atoms. The van der Waals surface area contributed by atoms with Crippen LogP contribution in [-0.2, 0) is 6.61 Å². The number of ether oxygens (including phenoxy) is 1. The van der Waals surface area contributed by atoms with Crippen LogP contribution in [0, 0.1) is 0 Å². The molecule has 0 aromatic heterocycles. The third kappa shape index (κ3) is 4.60. The zero-order valence-corrected chi connectivity index (χ0v) is 10.3. The van der Waals surface area contributed by atoms with Crippen LogP contribution < -0.4 is 4.74 Å². The molecular formula is C15H18O2. The van der Waals surface area contributed by atoms with Gasteiger partial charge in [0, 0.05) is 6.07 Å². The summed E-state index contributed by atoms with van der Waals surface area (Å²) in [5, 5.41) is 9.23. The maximum atomic E-state index is 9.23. The lowest BCUT2D eigenvalue weighted by molar-refractivity contribution is 0.304. The standard InChI is InChI=1S/C13H12O2.C2H6/c14-12-7-4-8-13(9-12)15-10-11-5-2-1-3-6-11;1-2/h1-9,14H,10H2;1-2H3. The van der Waals surface area contributed by atoms with Gasteiger partial charge in [-0.1, -0.05) is 50.2 Å².